The molecule has 1 aromatic carbocycles. The summed E-state index contributed by atoms with van der Waals surface area (Å²) in [7, 11) is 0. The fraction of sp³-hybridized carbons (Fsp3) is 0.462. The number of anilines is 1. The van der Waals surface area contributed by atoms with E-state index in [0.29, 0.717) is 5.54 Å². The highest BCUT2D eigenvalue weighted by Crippen LogP contribution is 2.37. The topological polar surface area (TPSA) is 24.9 Å². The maximum Gasteiger partial charge on any atom is 0.184 e. The van der Waals surface area contributed by atoms with E-state index in [1.54, 1.807) is 11.3 Å². The van der Waals surface area contributed by atoms with Crippen molar-refractivity contribution < 1.29 is 0 Å². The number of hydrogen-bond acceptors (Lipinski definition) is 3. The lowest BCUT2D eigenvalue weighted by molar-refractivity contribution is 0.306. The third kappa shape index (κ3) is 1.69. The first-order valence-corrected chi connectivity index (χ1v) is 6.62. The SMILES string of the molecule is Cc1ccc2sc(NC3(C)CCC3)nc2c1. The minimum Gasteiger partial charge on any atom is -0.356 e. The number of rotatable bonds is 2. The summed E-state index contributed by atoms with van der Waals surface area (Å²) in [6.45, 7) is 4.40. The maximum absolute atomic E-state index is 4.65. The molecule has 0 unspecified atom stereocenters. The summed E-state index contributed by atoms with van der Waals surface area (Å²) >= 11 is 1.76. The van der Waals surface area contributed by atoms with E-state index in [-0.39, 0.29) is 0 Å². The molecule has 1 saturated carbocycles. The number of aryl methyl sites for hydroxylation is 1. The lowest BCUT2D eigenvalue weighted by atomic mass is 9.79. The van der Waals surface area contributed by atoms with E-state index in [1.807, 2.05) is 0 Å². The van der Waals surface area contributed by atoms with E-state index < -0.39 is 0 Å². The molecule has 0 saturated heterocycles. The van der Waals surface area contributed by atoms with Crippen LogP contribution >= 0.6 is 11.3 Å². The Balaban J connectivity index is 1.93. The van der Waals surface area contributed by atoms with E-state index in [1.165, 1.54) is 29.5 Å². The monoisotopic (exact) mass is 232 g/mol. The molecule has 1 aromatic heterocycles. The van der Waals surface area contributed by atoms with Gasteiger partial charge in [-0.05, 0) is 50.8 Å². The molecule has 0 atom stereocenters. The zero-order valence-corrected chi connectivity index (χ0v) is 10.5. The molecule has 2 nitrogen and oxygen atoms in total. The number of fused-ring (bicyclic) bond motifs is 1. The van der Waals surface area contributed by atoms with Crippen molar-refractivity contribution in [2.45, 2.75) is 38.6 Å². The van der Waals surface area contributed by atoms with Gasteiger partial charge >= 0.3 is 0 Å². The van der Waals surface area contributed by atoms with E-state index in [9.17, 15) is 0 Å². The van der Waals surface area contributed by atoms with Gasteiger partial charge in [0.1, 0.15) is 0 Å². The van der Waals surface area contributed by atoms with Crippen LogP contribution in [0.5, 0.6) is 0 Å². The number of thiazole rings is 1. The Hall–Kier alpha value is -1.09. The summed E-state index contributed by atoms with van der Waals surface area (Å²) in [4.78, 5) is 4.65. The number of benzene rings is 1. The second kappa shape index (κ2) is 3.45. The van der Waals surface area contributed by atoms with Gasteiger partial charge in [-0.25, -0.2) is 4.98 Å². The lowest BCUT2D eigenvalue weighted by Gasteiger charge is -2.39. The van der Waals surface area contributed by atoms with E-state index >= 15 is 0 Å². The molecule has 3 heteroatoms. The number of hydrogen-bond donors (Lipinski definition) is 1. The van der Waals surface area contributed by atoms with Crippen LogP contribution in [0.15, 0.2) is 18.2 Å². The molecule has 2 aromatic rings. The summed E-state index contributed by atoms with van der Waals surface area (Å²) in [5, 5.41) is 4.64. The van der Waals surface area contributed by atoms with Gasteiger partial charge in [0.2, 0.25) is 0 Å². The fourth-order valence-corrected chi connectivity index (χ4v) is 3.18. The van der Waals surface area contributed by atoms with Gasteiger partial charge in [-0.3, -0.25) is 0 Å². The Bertz CT molecular complexity index is 526. The molecule has 1 heterocycles. The van der Waals surface area contributed by atoms with Crippen molar-refractivity contribution in [1.29, 1.82) is 0 Å². The maximum atomic E-state index is 4.65. The Morgan fingerprint density at radius 1 is 1.38 bits per heavy atom. The summed E-state index contributed by atoms with van der Waals surface area (Å²) in [5.74, 6) is 0. The molecule has 16 heavy (non-hydrogen) atoms. The first-order chi connectivity index (χ1) is 7.65. The molecular weight excluding hydrogens is 216 g/mol. The summed E-state index contributed by atoms with van der Waals surface area (Å²) < 4.78 is 1.27. The van der Waals surface area contributed by atoms with Gasteiger partial charge in [0.15, 0.2) is 5.13 Å². The molecule has 1 aliphatic rings. The van der Waals surface area contributed by atoms with Gasteiger partial charge in [-0.2, -0.15) is 0 Å². The van der Waals surface area contributed by atoms with E-state index in [0.717, 1.165) is 10.6 Å². The van der Waals surface area contributed by atoms with E-state index in [2.05, 4.69) is 42.3 Å². The second-order valence-electron chi connectivity index (χ2n) is 5.03. The molecule has 1 N–H and O–H groups in total. The van der Waals surface area contributed by atoms with Gasteiger partial charge < -0.3 is 5.32 Å². The highest BCUT2D eigenvalue weighted by atomic mass is 32.1. The Morgan fingerprint density at radius 3 is 2.88 bits per heavy atom. The number of nitrogens with one attached hydrogen (secondary N) is 1. The lowest BCUT2D eigenvalue weighted by Crippen LogP contribution is -2.41. The Labute approximate surface area is 99.7 Å². The zero-order chi connectivity index (χ0) is 11.2. The summed E-state index contributed by atoms with van der Waals surface area (Å²) in [6, 6.07) is 6.46. The van der Waals surface area contributed by atoms with Gasteiger partial charge in [0.25, 0.3) is 0 Å². The van der Waals surface area contributed by atoms with Crippen molar-refractivity contribution >= 4 is 26.7 Å². The number of aromatic nitrogens is 1. The minimum absolute atomic E-state index is 0.295. The predicted octanol–water partition coefficient (Wildman–Crippen LogP) is 3.96. The molecule has 84 valence electrons. The van der Waals surface area contributed by atoms with Crippen LogP contribution in [-0.2, 0) is 0 Å². The van der Waals surface area contributed by atoms with Crippen molar-refractivity contribution in [3.05, 3.63) is 23.8 Å². The minimum atomic E-state index is 0.295. The highest BCUT2D eigenvalue weighted by molar-refractivity contribution is 7.22. The third-order valence-electron chi connectivity index (χ3n) is 3.41. The van der Waals surface area contributed by atoms with Crippen LogP contribution in [0.2, 0.25) is 0 Å². The summed E-state index contributed by atoms with van der Waals surface area (Å²) in [5.41, 5.74) is 2.69. The quantitative estimate of drug-likeness (QED) is 0.847. The molecule has 1 aliphatic carbocycles. The number of nitrogens with zero attached hydrogens (tertiary/aromatic N) is 1. The van der Waals surface area contributed by atoms with Gasteiger partial charge in [0, 0.05) is 5.54 Å². The van der Waals surface area contributed by atoms with Gasteiger partial charge in [-0.15, -0.1) is 0 Å². The largest absolute Gasteiger partial charge is 0.356 e. The van der Waals surface area contributed by atoms with Crippen LogP contribution in [0.3, 0.4) is 0 Å². The van der Waals surface area contributed by atoms with Crippen LogP contribution in [0.25, 0.3) is 10.2 Å². The average molecular weight is 232 g/mol. The normalized spacial score (nSPS) is 18.4. The van der Waals surface area contributed by atoms with E-state index in [4.69, 9.17) is 0 Å². The van der Waals surface area contributed by atoms with Crippen molar-refractivity contribution in [3.8, 4) is 0 Å². The molecule has 1 fully saturated rings. The highest BCUT2D eigenvalue weighted by Gasteiger charge is 2.32. The van der Waals surface area contributed by atoms with Crippen molar-refractivity contribution in [2.24, 2.45) is 0 Å². The molecule has 0 spiro atoms. The van der Waals surface area contributed by atoms with Crippen LogP contribution in [-0.4, -0.2) is 10.5 Å². The van der Waals surface area contributed by atoms with Crippen LogP contribution in [0.1, 0.15) is 31.7 Å². The average Bonchev–Trinajstić information content (AvgIpc) is 2.56. The van der Waals surface area contributed by atoms with Crippen LogP contribution in [0, 0.1) is 6.92 Å². The van der Waals surface area contributed by atoms with Gasteiger partial charge in [0.05, 0.1) is 10.2 Å². The molecule has 3 rings (SSSR count). The third-order valence-corrected chi connectivity index (χ3v) is 4.36. The van der Waals surface area contributed by atoms with Crippen LogP contribution < -0.4 is 5.32 Å². The van der Waals surface area contributed by atoms with Crippen molar-refractivity contribution in [2.75, 3.05) is 5.32 Å². The molecule has 0 radical (unpaired) electrons. The second-order valence-corrected chi connectivity index (χ2v) is 6.06. The molecular formula is C13H16N2S. The van der Waals surface area contributed by atoms with Crippen molar-refractivity contribution in [3.63, 3.8) is 0 Å². The first kappa shape index (κ1) is 10.1. The van der Waals surface area contributed by atoms with Crippen molar-refractivity contribution in [1.82, 2.24) is 4.98 Å². The van der Waals surface area contributed by atoms with Gasteiger partial charge in [-0.1, -0.05) is 17.4 Å². The molecule has 0 aliphatic heterocycles. The van der Waals surface area contributed by atoms with Crippen LogP contribution in [0.4, 0.5) is 5.13 Å². The Kier molecular flexibility index (Phi) is 2.18. The Morgan fingerprint density at radius 2 is 2.19 bits per heavy atom. The first-order valence-electron chi connectivity index (χ1n) is 5.80. The molecule has 0 amide bonds. The molecule has 0 bridgehead atoms. The fourth-order valence-electron chi connectivity index (χ4n) is 2.18. The smallest absolute Gasteiger partial charge is 0.184 e. The predicted molar refractivity (Wildman–Crippen MR) is 70.2 cm³/mol. The summed E-state index contributed by atoms with van der Waals surface area (Å²) in [6.07, 6.45) is 3.87. The zero-order valence-electron chi connectivity index (χ0n) is 9.71. The standard InChI is InChI=1S/C13H16N2S/c1-9-4-5-11-10(8-9)14-12(16-11)15-13(2)6-3-7-13/h4-5,8H,3,6-7H2,1-2H3,(H,14,15).